The molecule has 0 unspecified atom stereocenters. The second-order valence-corrected chi connectivity index (χ2v) is 10.3. The predicted molar refractivity (Wildman–Crippen MR) is 115 cm³/mol. The van der Waals surface area contributed by atoms with E-state index in [-0.39, 0.29) is 0 Å². The number of hydrogen-bond acceptors (Lipinski definition) is 5. The van der Waals surface area contributed by atoms with Gasteiger partial charge in [0.1, 0.15) is 5.82 Å². The number of fused-ring (bicyclic) bond motifs is 1. The van der Waals surface area contributed by atoms with Gasteiger partial charge in [-0.05, 0) is 61.1 Å². The number of anilines is 1. The molecular weight excluding hydrogens is 374 g/mol. The van der Waals surface area contributed by atoms with Gasteiger partial charge in [0.05, 0.1) is 31.0 Å². The Hall–Kier alpha value is -1.92. The molecule has 7 rings (SSSR count). The molecule has 30 heavy (non-hydrogen) atoms. The number of ether oxygens (including phenoxy) is 1. The highest BCUT2D eigenvalue weighted by Crippen LogP contribution is 2.59. The molecule has 2 N–H and O–H groups in total. The van der Waals surface area contributed by atoms with Gasteiger partial charge >= 0.3 is 0 Å². The highest BCUT2D eigenvalue weighted by molar-refractivity contribution is 5.63. The maximum absolute atomic E-state index is 6.17. The first-order valence-electron chi connectivity index (χ1n) is 11.9. The summed E-state index contributed by atoms with van der Waals surface area (Å²) in [6.45, 7) is 4.34. The second kappa shape index (κ2) is 6.54. The summed E-state index contributed by atoms with van der Waals surface area (Å²) >= 11 is 0. The van der Waals surface area contributed by atoms with Crippen molar-refractivity contribution in [3.8, 4) is 11.3 Å². The minimum atomic E-state index is 0.579. The van der Waals surface area contributed by atoms with Crippen molar-refractivity contribution in [3.63, 3.8) is 0 Å². The van der Waals surface area contributed by atoms with Crippen LogP contribution in [0.25, 0.3) is 11.3 Å². The van der Waals surface area contributed by atoms with Gasteiger partial charge in [-0.2, -0.15) is 5.10 Å². The lowest BCUT2D eigenvalue weighted by atomic mass is 10.1. The van der Waals surface area contributed by atoms with E-state index in [1.54, 1.807) is 0 Å². The fraction of sp³-hybridized carbons (Fsp3) is 0.667. The van der Waals surface area contributed by atoms with Crippen LogP contribution in [0.3, 0.4) is 0 Å². The third kappa shape index (κ3) is 2.76. The molecular formula is C24H31N5O. The molecule has 6 heteroatoms. The van der Waals surface area contributed by atoms with Gasteiger partial charge in [0.15, 0.2) is 0 Å². The van der Waals surface area contributed by atoms with E-state index in [1.807, 2.05) is 6.20 Å². The molecule has 2 saturated heterocycles. The molecule has 3 atom stereocenters. The molecule has 2 aromatic heterocycles. The average Bonchev–Trinajstić information content (AvgIpc) is 3.43. The number of nitrogens with zero attached hydrogens (tertiary/aromatic N) is 4. The minimum Gasteiger partial charge on any atom is -0.383 e. The standard InChI is InChI=1S/C24H31N5O/c25-24-18(14-5-6-14)7-15(9-26-24)21-8-22(29(27-21)16-3-1-2-4-16)23-19-10-28(11-20(19)23)17-12-30-13-17/h7-9,14,16-17,19-20,23H,1-6,10-13H2,(H2,25,26)/t19-,20+,23-. The van der Waals surface area contributed by atoms with Crippen LogP contribution < -0.4 is 5.73 Å². The highest BCUT2D eigenvalue weighted by Gasteiger charge is 2.59. The van der Waals surface area contributed by atoms with E-state index < -0.39 is 0 Å². The highest BCUT2D eigenvalue weighted by atomic mass is 16.5. The third-order valence-electron chi connectivity index (χ3n) is 8.40. The van der Waals surface area contributed by atoms with Crippen LogP contribution in [-0.4, -0.2) is 52.0 Å². The van der Waals surface area contributed by atoms with E-state index in [9.17, 15) is 0 Å². The van der Waals surface area contributed by atoms with Gasteiger partial charge in [0.25, 0.3) is 0 Å². The fourth-order valence-electron chi connectivity index (χ4n) is 6.32. The van der Waals surface area contributed by atoms with Gasteiger partial charge in [-0.1, -0.05) is 12.8 Å². The molecule has 0 bridgehead atoms. The smallest absolute Gasteiger partial charge is 0.126 e. The number of likely N-dealkylation sites (tertiary alicyclic amines) is 1. The lowest BCUT2D eigenvalue weighted by Gasteiger charge is -2.35. The minimum absolute atomic E-state index is 0.579. The summed E-state index contributed by atoms with van der Waals surface area (Å²) in [5.41, 5.74) is 11.1. The van der Waals surface area contributed by atoms with Gasteiger partial charge in [0.2, 0.25) is 0 Å². The first kappa shape index (κ1) is 17.7. The van der Waals surface area contributed by atoms with Crippen molar-refractivity contribution in [2.24, 2.45) is 11.8 Å². The van der Waals surface area contributed by atoms with Crippen LogP contribution in [-0.2, 0) is 4.74 Å². The number of hydrogen-bond donors (Lipinski definition) is 1. The zero-order chi connectivity index (χ0) is 19.8. The van der Waals surface area contributed by atoms with Crippen LogP contribution in [0.2, 0.25) is 0 Å². The topological polar surface area (TPSA) is 69.2 Å². The van der Waals surface area contributed by atoms with Crippen molar-refractivity contribution >= 4 is 5.82 Å². The lowest BCUT2D eigenvalue weighted by molar-refractivity contribution is -0.0610. The van der Waals surface area contributed by atoms with Crippen LogP contribution in [0, 0.1) is 11.8 Å². The first-order valence-corrected chi connectivity index (χ1v) is 11.9. The Balaban J connectivity index is 1.20. The van der Waals surface area contributed by atoms with Crippen LogP contribution >= 0.6 is 0 Å². The van der Waals surface area contributed by atoms with Gasteiger partial charge in [0, 0.05) is 36.5 Å². The van der Waals surface area contributed by atoms with E-state index in [1.165, 1.54) is 62.9 Å². The largest absolute Gasteiger partial charge is 0.383 e. The van der Waals surface area contributed by atoms with Crippen LogP contribution in [0.5, 0.6) is 0 Å². The first-order chi connectivity index (χ1) is 14.8. The molecule has 5 fully saturated rings. The van der Waals surface area contributed by atoms with Gasteiger partial charge in [-0.15, -0.1) is 0 Å². The van der Waals surface area contributed by atoms with Gasteiger partial charge in [-0.25, -0.2) is 4.98 Å². The number of pyridine rings is 1. The molecule has 4 heterocycles. The van der Waals surface area contributed by atoms with E-state index in [0.717, 1.165) is 36.3 Å². The number of nitrogens with two attached hydrogens (primary N) is 1. The number of piperidine rings is 1. The Bertz CT molecular complexity index is 960. The summed E-state index contributed by atoms with van der Waals surface area (Å²) in [7, 11) is 0. The Morgan fingerprint density at radius 1 is 0.967 bits per heavy atom. The normalized spacial score (nSPS) is 31.8. The summed E-state index contributed by atoms with van der Waals surface area (Å²) in [6.07, 6.45) is 9.63. The molecule has 6 nitrogen and oxygen atoms in total. The maximum Gasteiger partial charge on any atom is 0.126 e. The van der Waals surface area contributed by atoms with E-state index in [4.69, 9.17) is 15.6 Å². The predicted octanol–water partition coefficient (Wildman–Crippen LogP) is 3.56. The molecule has 0 spiro atoms. The zero-order valence-corrected chi connectivity index (χ0v) is 17.5. The van der Waals surface area contributed by atoms with E-state index in [2.05, 4.69) is 26.7 Å². The molecule has 3 saturated carbocycles. The maximum atomic E-state index is 6.17. The number of nitrogen functional groups attached to an aromatic ring is 1. The lowest BCUT2D eigenvalue weighted by Crippen LogP contribution is -2.48. The quantitative estimate of drug-likeness (QED) is 0.824. The van der Waals surface area contributed by atoms with Crippen molar-refractivity contribution in [1.82, 2.24) is 19.7 Å². The molecule has 2 aliphatic heterocycles. The fourth-order valence-corrected chi connectivity index (χ4v) is 6.32. The van der Waals surface area contributed by atoms with E-state index >= 15 is 0 Å². The molecule has 0 radical (unpaired) electrons. The Labute approximate surface area is 177 Å². The van der Waals surface area contributed by atoms with Crippen molar-refractivity contribution in [3.05, 3.63) is 29.6 Å². The Morgan fingerprint density at radius 3 is 2.40 bits per heavy atom. The monoisotopic (exact) mass is 405 g/mol. The molecule has 3 aliphatic carbocycles. The van der Waals surface area contributed by atoms with Crippen molar-refractivity contribution in [2.75, 3.05) is 32.0 Å². The van der Waals surface area contributed by atoms with Crippen LogP contribution in [0.1, 0.15) is 67.7 Å². The van der Waals surface area contributed by atoms with Crippen molar-refractivity contribution in [2.45, 2.75) is 62.4 Å². The summed E-state index contributed by atoms with van der Waals surface area (Å²) in [4.78, 5) is 7.19. The Morgan fingerprint density at radius 2 is 1.73 bits per heavy atom. The number of aromatic nitrogens is 3. The SMILES string of the molecule is Nc1ncc(-c2cc([C@@H]3[C@@H]4CN(C5COC5)C[C@@H]43)n(C3CCCC3)n2)cc1C1CC1. The van der Waals surface area contributed by atoms with Gasteiger partial charge in [-0.3, -0.25) is 9.58 Å². The van der Waals surface area contributed by atoms with E-state index in [0.29, 0.717) is 29.7 Å². The summed E-state index contributed by atoms with van der Waals surface area (Å²) in [5, 5.41) is 5.19. The number of rotatable bonds is 5. The second-order valence-electron chi connectivity index (χ2n) is 10.3. The van der Waals surface area contributed by atoms with Crippen LogP contribution in [0.15, 0.2) is 18.3 Å². The molecule has 5 aliphatic rings. The Kier molecular flexibility index (Phi) is 3.86. The van der Waals surface area contributed by atoms with Crippen molar-refractivity contribution in [1.29, 1.82) is 0 Å². The zero-order valence-electron chi connectivity index (χ0n) is 17.5. The van der Waals surface area contributed by atoms with Crippen molar-refractivity contribution < 1.29 is 4.74 Å². The third-order valence-corrected chi connectivity index (χ3v) is 8.40. The molecule has 0 amide bonds. The summed E-state index contributed by atoms with van der Waals surface area (Å²) in [5.74, 6) is 3.61. The average molecular weight is 406 g/mol. The summed E-state index contributed by atoms with van der Waals surface area (Å²) < 4.78 is 7.84. The molecule has 2 aromatic rings. The molecule has 158 valence electrons. The van der Waals surface area contributed by atoms with Gasteiger partial charge < -0.3 is 10.5 Å². The molecule has 0 aromatic carbocycles. The summed E-state index contributed by atoms with van der Waals surface area (Å²) in [6, 6.07) is 5.91. The van der Waals surface area contributed by atoms with Crippen LogP contribution in [0.4, 0.5) is 5.82 Å².